The minimum Gasteiger partial charge on any atom is -0.366 e. The van der Waals surface area contributed by atoms with Crippen LogP contribution in [-0.2, 0) is 4.74 Å². The van der Waals surface area contributed by atoms with Crippen LogP contribution in [0.1, 0.15) is 36.4 Å². The highest BCUT2D eigenvalue weighted by molar-refractivity contribution is 5.90. The fraction of sp³-hybridized carbons (Fsp3) is 0.579. The van der Waals surface area contributed by atoms with Gasteiger partial charge in [0.05, 0.1) is 28.3 Å². The molecule has 2 atom stereocenters. The molecule has 176 valence electrons. The number of halogens is 6. The SMILES string of the molecule is Cc1c(N2CC(CN)C(OC(F)(F)F)C2)c(F)c(C(F)F)c2c(=O)[nH]c(=O)n(C3CC3)c12. The van der Waals surface area contributed by atoms with Crippen LogP contribution in [0.25, 0.3) is 10.9 Å². The third-order valence-corrected chi connectivity index (χ3v) is 5.98. The zero-order chi connectivity index (χ0) is 23.5. The number of hydrogen-bond donors (Lipinski definition) is 2. The molecule has 3 N–H and O–H groups in total. The predicted molar refractivity (Wildman–Crippen MR) is 102 cm³/mol. The van der Waals surface area contributed by atoms with Crippen LogP contribution in [0.2, 0.25) is 0 Å². The number of alkyl halides is 5. The van der Waals surface area contributed by atoms with Gasteiger partial charge in [-0.3, -0.25) is 19.1 Å². The summed E-state index contributed by atoms with van der Waals surface area (Å²) in [7, 11) is 0. The Bertz CT molecular complexity index is 1170. The molecule has 1 aliphatic carbocycles. The van der Waals surface area contributed by atoms with E-state index in [1.54, 1.807) is 0 Å². The van der Waals surface area contributed by atoms with E-state index >= 15 is 4.39 Å². The van der Waals surface area contributed by atoms with Gasteiger partial charge >= 0.3 is 12.1 Å². The molecule has 1 aromatic heterocycles. The van der Waals surface area contributed by atoms with Gasteiger partial charge in [0.15, 0.2) is 5.82 Å². The summed E-state index contributed by atoms with van der Waals surface area (Å²) in [4.78, 5) is 28.0. The van der Waals surface area contributed by atoms with Crippen molar-refractivity contribution in [2.24, 2.45) is 11.7 Å². The molecule has 2 unspecified atom stereocenters. The molecular weight excluding hydrogens is 446 g/mol. The zero-order valence-electron chi connectivity index (χ0n) is 16.8. The van der Waals surface area contributed by atoms with Gasteiger partial charge in [-0.15, -0.1) is 13.2 Å². The summed E-state index contributed by atoms with van der Waals surface area (Å²) in [5, 5.41) is -0.636. The highest BCUT2D eigenvalue weighted by Crippen LogP contribution is 2.43. The zero-order valence-corrected chi connectivity index (χ0v) is 16.8. The van der Waals surface area contributed by atoms with E-state index in [0.29, 0.717) is 12.8 Å². The first-order valence-corrected chi connectivity index (χ1v) is 9.92. The van der Waals surface area contributed by atoms with Crippen LogP contribution in [0.3, 0.4) is 0 Å². The number of fused-ring (bicyclic) bond motifs is 1. The molecule has 0 spiro atoms. The number of aromatic amines is 1. The summed E-state index contributed by atoms with van der Waals surface area (Å²) >= 11 is 0. The van der Waals surface area contributed by atoms with Gasteiger partial charge in [0.25, 0.3) is 12.0 Å². The highest BCUT2D eigenvalue weighted by atomic mass is 19.4. The summed E-state index contributed by atoms with van der Waals surface area (Å²) in [6.07, 6.45) is -8.67. The minimum atomic E-state index is -4.96. The number of hydrogen-bond acceptors (Lipinski definition) is 5. The van der Waals surface area contributed by atoms with Gasteiger partial charge in [-0.05, 0) is 26.3 Å². The molecule has 1 aliphatic heterocycles. The number of nitrogens with zero attached hydrogens (tertiary/aromatic N) is 2. The van der Waals surface area contributed by atoms with Crippen molar-refractivity contribution >= 4 is 16.6 Å². The Morgan fingerprint density at radius 1 is 1.22 bits per heavy atom. The van der Waals surface area contributed by atoms with E-state index in [2.05, 4.69) is 4.74 Å². The van der Waals surface area contributed by atoms with E-state index in [1.165, 1.54) is 6.92 Å². The van der Waals surface area contributed by atoms with Crippen molar-refractivity contribution in [1.29, 1.82) is 0 Å². The van der Waals surface area contributed by atoms with E-state index in [-0.39, 0.29) is 35.9 Å². The van der Waals surface area contributed by atoms with Crippen molar-refractivity contribution < 1.29 is 31.1 Å². The lowest BCUT2D eigenvalue weighted by Gasteiger charge is -2.25. The molecule has 4 rings (SSSR count). The lowest BCUT2D eigenvalue weighted by atomic mass is 10.0. The number of aryl methyl sites for hydroxylation is 1. The second kappa shape index (κ2) is 7.80. The van der Waals surface area contributed by atoms with E-state index in [1.807, 2.05) is 4.98 Å². The molecule has 0 bridgehead atoms. The Morgan fingerprint density at radius 3 is 2.41 bits per heavy atom. The summed E-state index contributed by atoms with van der Waals surface area (Å²) in [6.45, 7) is 0.507. The molecule has 0 amide bonds. The topological polar surface area (TPSA) is 93.3 Å². The van der Waals surface area contributed by atoms with E-state index in [4.69, 9.17) is 5.73 Å². The van der Waals surface area contributed by atoms with Crippen LogP contribution in [0.5, 0.6) is 0 Å². The molecule has 32 heavy (non-hydrogen) atoms. The number of ether oxygens (including phenoxy) is 1. The molecule has 1 aromatic carbocycles. The fourth-order valence-electron chi connectivity index (χ4n) is 4.50. The molecular formula is C19H20F6N4O3. The van der Waals surface area contributed by atoms with Crippen molar-refractivity contribution in [3.8, 4) is 0 Å². The molecule has 0 radical (unpaired) electrons. The first-order chi connectivity index (χ1) is 14.9. The van der Waals surface area contributed by atoms with Crippen molar-refractivity contribution in [2.75, 3.05) is 24.5 Å². The Balaban J connectivity index is 1.96. The molecule has 2 fully saturated rings. The molecule has 2 heterocycles. The summed E-state index contributed by atoms with van der Waals surface area (Å²) in [5.74, 6) is -2.26. The summed E-state index contributed by atoms with van der Waals surface area (Å²) < 4.78 is 86.9. The van der Waals surface area contributed by atoms with Crippen LogP contribution in [0.15, 0.2) is 9.59 Å². The van der Waals surface area contributed by atoms with E-state index in [0.717, 1.165) is 9.47 Å². The minimum absolute atomic E-state index is 0.0143. The lowest BCUT2D eigenvalue weighted by Crippen LogP contribution is -2.34. The number of nitrogens with one attached hydrogen (secondary N) is 1. The predicted octanol–water partition coefficient (Wildman–Crippen LogP) is 2.71. The standard InChI is InChI=1S/C19H20F6N4O3/c1-7-14-12(17(30)27-18(31)29(14)9-2-3-9)11(16(21)22)13(20)15(7)28-5-8(4-26)10(6-28)32-19(23,24)25/h8-10,16H,2-6,26H2,1H3,(H,27,30,31). The molecule has 2 aliphatic rings. The van der Waals surface area contributed by atoms with Gasteiger partial charge in [0.2, 0.25) is 0 Å². The maximum atomic E-state index is 15.4. The molecule has 1 saturated carbocycles. The van der Waals surface area contributed by atoms with Crippen LogP contribution in [0, 0.1) is 18.7 Å². The maximum absolute atomic E-state index is 15.4. The third kappa shape index (κ3) is 3.76. The number of benzene rings is 1. The van der Waals surface area contributed by atoms with E-state index < -0.39 is 59.4 Å². The number of H-pyrrole nitrogens is 1. The van der Waals surface area contributed by atoms with Crippen molar-refractivity contribution in [3.63, 3.8) is 0 Å². The largest absolute Gasteiger partial charge is 0.522 e. The Hall–Kier alpha value is -2.54. The van der Waals surface area contributed by atoms with Crippen molar-refractivity contribution in [2.45, 2.75) is 44.7 Å². The number of anilines is 1. The van der Waals surface area contributed by atoms with Crippen LogP contribution in [0.4, 0.5) is 32.0 Å². The number of rotatable bonds is 5. The molecule has 13 heteroatoms. The molecule has 1 saturated heterocycles. The second-order valence-corrected chi connectivity index (χ2v) is 8.09. The van der Waals surface area contributed by atoms with Gasteiger partial charge in [0, 0.05) is 30.6 Å². The van der Waals surface area contributed by atoms with Gasteiger partial charge in [-0.1, -0.05) is 0 Å². The van der Waals surface area contributed by atoms with Crippen LogP contribution in [-0.4, -0.2) is 41.7 Å². The maximum Gasteiger partial charge on any atom is 0.522 e. The Labute approximate surface area is 176 Å². The normalized spacial score (nSPS) is 21.8. The van der Waals surface area contributed by atoms with Crippen LogP contribution < -0.4 is 21.9 Å². The van der Waals surface area contributed by atoms with Gasteiger partial charge in [-0.25, -0.2) is 18.0 Å². The quantitative estimate of drug-likeness (QED) is 0.662. The van der Waals surface area contributed by atoms with Crippen molar-refractivity contribution in [3.05, 3.63) is 37.8 Å². The Kier molecular flexibility index (Phi) is 5.52. The van der Waals surface area contributed by atoms with E-state index in [9.17, 15) is 31.5 Å². The lowest BCUT2D eigenvalue weighted by molar-refractivity contribution is -0.343. The number of nitrogens with two attached hydrogens (primary N) is 1. The molecule has 7 nitrogen and oxygen atoms in total. The second-order valence-electron chi connectivity index (χ2n) is 8.09. The highest BCUT2D eigenvalue weighted by Gasteiger charge is 2.43. The van der Waals surface area contributed by atoms with Crippen LogP contribution >= 0.6 is 0 Å². The van der Waals surface area contributed by atoms with Crippen molar-refractivity contribution in [1.82, 2.24) is 9.55 Å². The summed E-state index contributed by atoms with van der Waals surface area (Å²) in [6, 6.07) is -0.346. The average Bonchev–Trinajstić information content (AvgIpc) is 3.42. The number of aromatic nitrogens is 2. The summed E-state index contributed by atoms with van der Waals surface area (Å²) in [5.41, 5.74) is 1.89. The smallest absolute Gasteiger partial charge is 0.366 e. The fourth-order valence-corrected chi connectivity index (χ4v) is 4.50. The Morgan fingerprint density at radius 2 is 1.88 bits per heavy atom. The van der Waals surface area contributed by atoms with Gasteiger partial charge in [-0.2, -0.15) is 0 Å². The molecule has 2 aromatic rings. The first kappa shape index (κ1) is 22.6. The monoisotopic (exact) mass is 466 g/mol. The first-order valence-electron chi connectivity index (χ1n) is 9.92. The average molecular weight is 466 g/mol. The van der Waals surface area contributed by atoms with Gasteiger partial charge < -0.3 is 10.6 Å². The van der Waals surface area contributed by atoms with Gasteiger partial charge in [0.1, 0.15) is 0 Å². The third-order valence-electron chi connectivity index (χ3n) is 5.98.